The van der Waals surface area contributed by atoms with Crippen LogP contribution in [0, 0.1) is 0 Å². The number of amides is 1. The number of halogens is 1. The van der Waals surface area contributed by atoms with Crippen LogP contribution in [-0.4, -0.2) is 59.3 Å². The summed E-state index contributed by atoms with van der Waals surface area (Å²) < 4.78 is 0. The Kier molecular flexibility index (Phi) is 4.83. The average Bonchev–Trinajstić information content (AvgIpc) is 2.65. The Labute approximate surface area is 102 Å². The Morgan fingerprint density at radius 1 is 1.19 bits per heavy atom. The Balaban J connectivity index is 0.00000128. The number of likely N-dealkylation sites (tertiary alicyclic amines) is 2. The van der Waals surface area contributed by atoms with Crippen LogP contribution in [0.15, 0.2) is 0 Å². The summed E-state index contributed by atoms with van der Waals surface area (Å²) in [6.07, 6.45) is 2.21. The summed E-state index contributed by atoms with van der Waals surface area (Å²) in [7, 11) is 0. The van der Waals surface area contributed by atoms with Crippen LogP contribution in [-0.2, 0) is 0 Å². The Morgan fingerprint density at radius 3 is 2.25 bits per heavy atom. The van der Waals surface area contributed by atoms with E-state index in [1.165, 1.54) is 4.90 Å². The van der Waals surface area contributed by atoms with Gasteiger partial charge >= 0.3 is 6.09 Å². The lowest BCUT2D eigenvalue weighted by Gasteiger charge is -2.35. The predicted octanol–water partition coefficient (Wildman–Crippen LogP) is 0.584. The van der Waals surface area contributed by atoms with Crippen molar-refractivity contribution in [3.05, 3.63) is 0 Å². The van der Waals surface area contributed by atoms with Gasteiger partial charge in [0.2, 0.25) is 0 Å². The van der Waals surface area contributed by atoms with Gasteiger partial charge in [0.05, 0.1) is 0 Å². The molecule has 0 radical (unpaired) electrons. The number of nitrogens with zero attached hydrogens (tertiary/aromatic N) is 2. The van der Waals surface area contributed by atoms with Crippen LogP contribution >= 0.6 is 12.4 Å². The van der Waals surface area contributed by atoms with Crippen LogP contribution in [0.1, 0.15) is 19.3 Å². The fraction of sp³-hybridized carbons (Fsp3) is 0.900. The summed E-state index contributed by atoms with van der Waals surface area (Å²) in [6.45, 7) is 3.41. The van der Waals surface area contributed by atoms with E-state index in [1.807, 2.05) is 0 Å². The van der Waals surface area contributed by atoms with E-state index in [1.54, 1.807) is 0 Å². The van der Waals surface area contributed by atoms with Crippen LogP contribution in [0.2, 0.25) is 0 Å². The van der Waals surface area contributed by atoms with E-state index in [2.05, 4.69) is 4.90 Å². The van der Waals surface area contributed by atoms with Crippen molar-refractivity contribution in [2.75, 3.05) is 26.2 Å². The summed E-state index contributed by atoms with van der Waals surface area (Å²) in [6, 6.07) is 0.872. The van der Waals surface area contributed by atoms with Crippen molar-refractivity contribution in [1.29, 1.82) is 0 Å². The first-order chi connectivity index (χ1) is 7.16. The van der Waals surface area contributed by atoms with Gasteiger partial charge in [0.15, 0.2) is 0 Å². The monoisotopic (exact) mass is 249 g/mol. The van der Waals surface area contributed by atoms with Crippen molar-refractivity contribution < 1.29 is 9.90 Å². The number of hydrogen-bond acceptors (Lipinski definition) is 3. The standard InChI is InChI=1S/C10H19N3O2.ClH/c11-8-1-4-13(7-8)9-2-5-12(6-3-9)10(14)15;/h8-9H,1-7,11H2,(H,14,15);1H. The van der Waals surface area contributed by atoms with Gasteiger partial charge in [-0.05, 0) is 19.3 Å². The van der Waals surface area contributed by atoms with E-state index in [-0.39, 0.29) is 12.4 Å². The average molecular weight is 250 g/mol. The van der Waals surface area contributed by atoms with Gasteiger partial charge in [-0.15, -0.1) is 12.4 Å². The van der Waals surface area contributed by atoms with Gasteiger partial charge < -0.3 is 15.7 Å². The van der Waals surface area contributed by atoms with Gasteiger partial charge in [-0.2, -0.15) is 0 Å². The number of rotatable bonds is 1. The van der Waals surface area contributed by atoms with Gasteiger partial charge in [0.25, 0.3) is 0 Å². The molecule has 2 fully saturated rings. The van der Waals surface area contributed by atoms with E-state index in [4.69, 9.17) is 10.8 Å². The third kappa shape index (κ3) is 2.99. The quantitative estimate of drug-likeness (QED) is 0.714. The lowest BCUT2D eigenvalue weighted by atomic mass is 10.0. The third-order valence-corrected chi connectivity index (χ3v) is 3.51. The Bertz CT molecular complexity index is 244. The molecule has 94 valence electrons. The molecule has 0 aromatic rings. The van der Waals surface area contributed by atoms with Crippen molar-refractivity contribution in [3.63, 3.8) is 0 Å². The minimum Gasteiger partial charge on any atom is -0.465 e. The molecule has 0 aromatic carbocycles. The Morgan fingerprint density at radius 2 is 1.81 bits per heavy atom. The molecular weight excluding hydrogens is 230 g/mol. The largest absolute Gasteiger partial charge is 0.465 e. The van der Waals surface area contributed by atoms with Gasteiger partial charge in [0, 0.05) is 38.3 Å². The molecule has 0 aliphatic carbocycles. The molecule has 1 atom stereocenters. The van der Waals surface area contributed by atoms with E-state index in [9.17, 15) is 4.79 Å². The molecule has 0 spiro atoms. The minimum atomic E-state index is -0.786. The molecule has 1 unspecified atom stereocenters. The Hall–Kier alpha value is -0.520. The highest BCUT2D eigenvalue weighted by molar-refractivity contribution is 5.85. The van der Waals surface area contributed by atoms with Gasteiger partial charge in [-0.1, -0.05) is 0 Å². The zero-order valence-electron chi connectivity index (χ0n) is 9.34. The van der Waals surface area contributed by atoms with E-state index in [0.717, 1.165) is 32.4 Å². The van der Waals surface area contributed by atoms with Crippen LogP contribution in [0.3, 0.4) is 0 Å². The number of hydrogen-bond donors (Lipinski definition) is 2. The SMILES string of the molecule is Cl.NC1CCN(C2CCN(C(=O)O)CC2)C1. The van der Waals surface area contributed by atoms with Gasteiger partial charge in [-0.3, -0.25) is 4.90 Å². The van der Waals surface area contributed by atoms with Crippen LogP contribution in [0.5, 0.6) is 0 Å². The second-order valence-corrected chi connectivity index (χ2v) is 4.54. The summed E-state index contributed by atoms with van der Waals surface area (Å²) in [5, 5.41) is 8.82. The van der Waals surface area contributed by atoms with Crippen molar-refractivity contribution >= 4 is 18.5 Å². The number of carbonyl (C=O) groups is 1. The lowest BCUT2D eigenvalue weighted by Crippen LogP contribution is -2.46. The van der Waals surface area contributed by atoms with Gasteiger partial charge in [0.1, 0.15) is 0 Å². The predicted molar refractivity (Wildman–Crippen MR) is 64.0 cm³/mol. The molecule has 3 N–H and O–H groups in total. The number of carboxylic acid groups (broad SMARTS) is 1. The second-order valence-electron chi connectivity index (χ2n) is 4.54. The van der Waals surface area contributed by atoms with Crippen LogP contribution in [0.4, 0.5) is 4.79 Å². The molecule has 5 nitrogen and oxygen atoms in total. The molecule has 0 aromatic heterocycles. The molecule has 2 heterocycles. The highest BCUT2D eigenvalue weighted by atomic mass is 35.5. The summed E-state index contributed by atoms with van der Waals surface area (Å²) >= 11 is 0. The van der Waals surface area contributed by atoms with E-state index < -0.39 is 6.09 Å². The topological polar surface area (TPSA) is 69.8 Å². The summed E-state index contributed by atoms with van der Waals surface area (Å²) in [5.74, 6) is 0. The lowest BCUT2D eigenvalue weighted by molar-refractivity contribution is 0.104. The number of nitrogens with two attached hydrogens (primary N) is 1. The normalized spacial score (nSPS) is 27.8. The van der Waals surface area contributed by atoms with Crippen LogP contribution < -0.4 is 5.73 Å². The molecule has 2 rings (SSSR count). The second kappa shape index (κ2) is 5.70. The summed E-state index contributed by atoms with van der Waals surface area (Å²) in [4.78, 5) is 14.7. The fourth-order valence-electron chi connectivity index (χ4n) is 2.57. The highest BCUT2D eigenvalue weighted by Crippen LogP contribution is 2.20. The van der Waals surface area contributed by atoms with Gasteiger partial charge in [-0.25, -0.2) is 4.79 Å². The fourth-order valence-corrected chi connectivity index (χ4v) is 2.57. The molecule has 2 aliphatic heterocycles. The smallest absolute Gasteiger partial charge is 0.407 e. The maximum absolute atomic E-state index is 10.7. The van der Waals surface area contributed by atoms with Crippen LogP contribution in [0.25, 0.3) is 0 Å². The zero-order chi connectivity index (χ0) is 10.8. The van der Waals surface area contributed by atoms with Crippen molar-refractivity contribution in [3.8, 4) is 0 Å². The molecule has 0 saturated carbocycles. The first-order valence-corrected chi connectivity index (χ1v) is 5.64. The minimum absolute atomic E-state index is 0. The van der Waals surface area contributed by atoms with E-state index >= 15 is 0 Å². The van der Waals surface area contributed by atoms with Crippen molar-refractivity contribution in [1.82, 2.24) is 9.80 Å². The van der Waals surface area contributed by atoms with Crippen molar-refractivity contribution in [2.45, 2.75) is 31.3 Å². The maximum Gasteiger partial charge on any atom is 0.407 e. The maximum atomic E-state index is 10.7. The van der Waals surface area contributed by atoms with E-state index in [0.29, 0.717) is 25.2 Å². The number of piperidine rings is 1. The highest BCUT2D eigenvalue weighted by Gasteiger charge is 2.30. The molecule has 2 saturated heterocycles. The third-order valence-electron chi connectivity index (χ3n) is 3.51. The molecule has 0 bridgehead atoms. The summed E-state index contributed by atoms with van der Waals surface area (Å²) in [5.41, 5.74) is 5.86. The molecular formula is C10H20ClN3O2. The van der Waals surface area contributed by atoms with Crippen molar-refractivity contribution in [2.24, 2.45) is 5.73 Å². The molecule has 2 aliphatic rings. The zero-order valence-corrected chi connectivity index (χ0v) is 10.2. The molecule has 1 amide bonds. The molecule has 6 heteroatoms. The molecule has 16 heavy (non-hydrogen) atoms. The first-order valence-electron chi connectivity index (χ1n) is 5.64. The first kappa shape index (κ1) is 13.5.